The predicted molar refractivity (Wildman–Crippen MR) is 72.2 cm³/mol. The zero-order chi connectivity index (χ0) is 14.5. The van der Waals surface area contributed by atoms with E-state index in [1.165, 1.54) is 0 Å². The molecule has 0 unspecified atom stereocenters. The molecule has 104 valence electrons. The molecule has 0 spiro atoms. The number of aromatic nitrogens is 2. The van der Waals surface area contributed by atoms with E-state index >= 15 is 0 Å². The Bertz CT molecular complexity index is 624. The summed E-state index contributed by atoms with van der Waals surface area (Å²) >= 11 is 1.03. The molecule has 0 saturated heterocycles. The number of carbonyl (C=O) groups is 2. The number of ether oxygens (including phenoxy) is 1. The maximum atomic E-state index is 11.9. The average Bonchev–Trinajstić information content (AvgIpc) is 2.85. The predicted octanol–water partition coefficient (Wildman–Crippen LogP) is 1.43. The number of nitrogens with one attached hydrogen (secondary N) is 1. The third kappa shape index (κ3) is 3.51. The highest BCUT2D eigenvalue weighted by Gasteiger charge is 2.12. The average molecular weight is 293 g/mol. The summed E-state index contributed by atoms with van der Waals surface area (Å²) in [4.78, 5) is 22.4. The number of benzene rings is 1. The minimum Gasteiger partial charge on any atom is -0.497 e. The van der Waals surface area contributed by atoms with E-state index in [4.69, 9.17) is 9.84 Å². The Morgan fingerprint density at radius 3 is 2.60 bits per heavy atom. The summed E-state index contributed by atoms with van der Waals surface area (Å²) in [7, 11) is 1.54. The van der Waals surface area contributed by atoms with Gasteiger partial charge in [-0.1, -0.05) is 11.3 Å². The molecule has 1 aromatic heterocycles. The number of anilines is 1. The van der Waals surface area contributed by atoms with Gasteiger partial charge in [-0.3, -0.25) is 14.9 Å². The molecule has 0 aliphatic heterocycles. The van der Waals surface area contributed by atoms with Crippen LogP contribution in [0.5, 0.6) is 5.75 Å². The van der Waals surface area contributed by atoms with Gasteiger partial charge in [0.2, 0.25) is 5.13 Å². The molecule has 20 heavy (non-hydrogen) atoms. The summed E-state index contributed by atoms with van der Waals surface area (Å²) in [5, 5.41) is 19.2. The molecule has 0 atom stereocenters. The third-order valence-electron chi connectivity index (χ3n) is 2.34. The molecule has 7 nitrogen and oxygen atoms in total. The maximum absolute atomic E-state index is 11.9. The number of aliphatic carboxylic acids is 1. The fourth-order valence-corrected chi connectivity index (χ4v) is 2.14. The van der Waals surface area contributed by atoms with E-state index in [1.54, 1.807) is 31.4 Å². The second-order valence-corrected chi connectivity index (χ2v) is 4.82. The lowest BCUT2D eigenvalue weighted by Gasteiger charge is -2.02. The number of nitrogens with zero attached hydrogens (tertiary/aromatic N) is 2. The summed E-state index contributed by atoms with van der Waals surface area (Å²) in [5.41, 5.74) is 0.445. The zero-order valence-corrected chi connectivity index (χ0v) is 11.3. The van der Waals surface area contributed by atoms with Gasteiger partial charge in [0.25, 0.3) is 5.91 Å². The lowest BCUT2D eigenvalue weighted by atomic mass is 10.2. The van der Waals surface area contributed by atoms with E-state index in [9.17, 15) is 9.59 Å². The Balaban J connectivity index is 2.03. The van der Waals surface area contributed by atoms with Crippen LogP contribution in [0.4, 0.5) is 5.13 Å². The number of amides is 1. The van der Waals surface area contributed by atoms with Crippen LogP contribution in [0.25, 0.3) is 0 Å². The highest BCUT2D eigenvalue weighted by atomic mass is 32.1. The van der Waals surface area contributed by atoms with Crippen molar-refractivity contribution in [2.45, 2.75) is 6.42 Å². The SMILES string of the molecule is COc1ccc(C(=O)Nc2nnc(CC(=O)O)s2)cc1. The number of rotatable bonds is 5. The quantitative estimate of drug-likeness (QED) is 0.864. The van der Waals surface area contributed by atoms with Crippen molar-refractivity contribution in [3.05, 3.63) is 34.8 Å². The Morgan fingerprint density at radius 1 is 1.30 bits per heavy atom. The highest BCUT2D eigenvalue weighted by molar-refractivity contribution is 7.15. The molecule has 1 heterocycles. The summed E-state index contributed by atoms with van der Waals surface area (Å²) in [5.74, 6) is -0.680. The van der Waals surface area contributed by atoms with Gasteiger partial charge >= 0.3 is 5.97 Å². The lowest BCUT2D eigenvalue weighted by molar-refractivity contribution is -0.136. The third-order valence-corrected chi connectivity index (χ3v) is 3.18. The minimum atomic E-state index is -0.991. The van der Waals surface area contributed by atoms with E-state index in [1.807, 2.05) is 0 Å². The van der Waals surface area contributed by atoms with Gasteiger partial charge in [-0.15, -0.1) is 10.2 Å². The first-order chi connectivity index (χ1) is 9.58. The van der Waals surface area contributed by atoms with Gasteiger partial charge in [-0.05, 0) is 24.3 Å². The van der Waals surface area contributed by atoms with Gasteiger partial charge in [0, 0.05) is 5.56 Å². The number of carboxylic acid groups (broad SMARTS) is 1. The molecule has 0 aliphatic carbocycles. The Kier molecular flexibility index (Phi) is 4.26. The Labute approximate surface area is 118 Å². The molecule has 0 aliphatic rings. The van der Waals surface area contributed by atoms with Gasteiger partial charge in [0.05, 0.1) is 13.5 Å². The topological polar surface area (TPSA) is 101 Å². The first kappa shape index (κ1) is 13.9. The summed E-state index contributed by atoms with van der Waals surface area (Å²) in [6.07, 6.45) is -0.212. The summed E-state index contributed by atoms with van der Waals surface area (Å²) in [6.45, 7) is 0. The smallest absolute Gasteiger partial charge is 0.310 e. The van der Waals surface area contributed by atoms with Crippen LogP contribution in [0.15, 0.2) is 24.3 Å². The van der Waals surface area contributed by atoms with Crippen LogP contribution in [-0.4, -0.2) is 34.3 Å². The summed E-state index contributed by atoms with van der Waals surface area (Å²) in [6, 6.07) is 6.58. The molecule has 2 N–H and O–H groups in total. The van der Waals surface area contributed by atoms with Crippen LogP contribution in [0, 0.1) is 0 Å². The van der Waals surface area contributed by atoms with Gasteiger partial charge in [0.15, 0.2) is 0 Å². The number of methoxy groups -OCH3 is 1. The molecule has 0 radical (unpaired) electrons. The van der Waals surface area contributed by atoms with Gasteiger partial charge in [-0.2, -0.15) is 0 Å². The van der Waals surface area contributed by atoms with Crippen molar-refractivity contribution in [3.63, 3.8) is 0 Å². The van der Waals surface area contributed by atoms with Crippen LogP contribution in [0.2, 0.25) is 0 Å². The minimum absolute atomic E-state index is 0.212. The van der Waals surface area contributed by atoms with Crippen molar-refractivity contribution in [1.82, 2.24) is 10.2 Å². The van der Waals surface area contributed by atoms with Crippen LogP contribution >= 0.6 is 11.3 Å². The maximum Gasteiger partial charge on any atom is 0.310 e. The molecule has 2 aromatic rings. The molecule has 0 fully saturated rings. The Morgan fingerprint density at radius 2 is 2.00 bits per heavy atom. The second kappa shape index (κ2) is 6.11. The van der Waals surface area contributed by atoms with Crippen molar-refractivity contribution in [2.24, 2.45) is 0 Å². The molecule has 2 rings (SSSR count). The molecular formula is C12H11N3O4S. The van der Waals surface area contributed by atoms with Crippen molar-refractivity contribution >= 4 is 28.3 Å². The van der Waals surface area contributed by atoms with Crippen LogP contribution in [0.3, 0.4) is 0 Å². The second-order valence-electron chi connectivity index (χ2n) is 3.75. The van der Waals surface area contributed by atoms with E-state index in [0.29, 0.717) is 16.3 Å². The van der Waals surface area contributed by atoms with Crippen LogP contribution in [0.1, 0.15) is 15.4 Å². The fourth-order valence-electron chi connectivity index (χ4n) is 1.42. The standard InChI is InChI=1S/C12H11N3O4S/c1-19-8-4-2-7(3-5-8)11(18)13-12-15-14-9(20-12)6-10(16)17/h2-5H,6H2,1H3,(H,16,17)(H,13,15,18). The molecule has 0 saturated carbocycles. The summed E-state index contributed by atoms with van der Waals surface area (Å²) < 4.78 is 5.00. The van der Waals surface area contributed by atoms with Gasteiger partial charge in [-0.25, -0.2) is 0 Å². The van der Waals surface area contributed by atoms with Gasteiger partial charge < -0.3 is 9.84 Å². The largest absolute Gasteiger partial charge is 0.497 e. The number of hydrogen-bond acceptors (Lipinski definition) is 6. The van der Waals surface area contributed by atoms with E-state index in [0.717, 1.165) is 11.3 Å². The fraction of sp³-hybridized carbons (Fsp3) is 0.167. The number of hydrogen-bond donors (Lipinski definition) is 2. The zero-order valence-electron chi connectivity index (χ0n) is 10.5. The van der Waals surface area contributed by atoms with Crippen LogP contribution in [-0.2, 0) is 11.2 Å². The normalized spacial score (nSPS) is 10.1. The monoisotopic (exact) mass is 293 g/mol. The first-order valence-electron chi connectivity index (χ1n) is 5.58. The van der Waals surface area contributed by atoms with Gasteiger partial charge in [0.1, 0.15) is 10.8 Å². The van der Waals surface area contributed by atoms with E-state index in [-0.39, 0.29) is 17.5 Å². The lowest BCUT2D eigenvalue weighted by Crippen LogP contribution is -2.11. The number of carbonyl (C=O) groups excluding carboxylic acids is 1. The molecule has 0 bridgehead atoms. The van der Waals surface area contributed by atoms with Crippen molar-refractivity contribution in [2.75, 3.05) is 12.4 Å². The highest BCUT2D eigenvalue weighted by Crippen LogP contribution is 2.17. The van der Waals surface area contributed by atoms with Crippen molar-refractivity contribution < 1.29 is 19.4 Å². The van der Waals surface area contributed by atoms with Crippen molar-refractivity contribution in [3.8, 4) is 5.75 Å². The Hall–Kier alpha value is -2.48. The van der Waals surface area contributed by atoms with Crippen LogP contribution < -0.4 is 10.1 Å². The molecule has 8 heteroatoms. The molecule has 1 aromatic carbocycles. The molecule has 1 amide bonds. The number of carboxylic acids is 1. The van der Waals surface area contributed by atoms with E-state index in [2.05, 4.69) is 15.5 Å². The van der Waals surface area contributed by atoms with Crippen molar-refractivity contribution in [1.29, 1.82) is 0 Å². The van der Waals surface area contributed by atoms with E-state index < -0.39 is 5.97 Å². The first-order valence-corrected chi connectivity index (χ1v) is 6.39. The molecular weight excluding hydrogens is 282 g/mol.